The fourth-order valence-corrected chi connectivity index (χ4v) is 8.31. The molecule has 9 nitrogen and oxygen atoms in total. The van der Waals surface area contributed by atoms with Crippen molar-refractivity contribution in [2.45, 2.75) is 36.9 Å². The molecule has 1 N–H and O–H groups in total. The summed E-state index contributed by atoms with van der Waals surface area (Å²) in [6.07, 6.45) is 1.99. The van der Waals surface area contributed by atoms with Gasteiger partial charge in [-0.15, -0.1) is 11.3 Å². The maximum absolute atomic E-state index is 13.3. The Kier molecular flexibility index (Phi) is 8.46. The van der Waals surface area contributed by atoms with Crippen LogP contribution in [0, 0.1) is 5.92 Å². The number of carboxylic acid groups (broad SMARTS) is 1. The van der Waals surface area contributed by atoms with Crippen molar-refractivity contribution in [3.63, 3.8) is 0 Å². The Labute approximate surface area is 242 Å². The van der Waals surface area contributed by atoms with Crippen molar-refractivity contribution in [3.8, 4) is 0 Å². The van der Waals surface area contributed by atoms with E-state index in [9.17, 15) is 23.1 Å². The van der Waals surface area contributed by atoms with E-state index in [1.165, 1.54) is 4.31 Å². The highest BCUT2D eigenvalue weighted by Crippen LogP contribution is 2.33. The molecule has 12 heteroatoms. The molecule has 2 fully saturated rings. The Morgan fingerprint density at radius 2 is 1.80 bits per heavy atom. The van der Waals surface area contributed by atoms with Crippen LogP contribution in [-0.2, 0) is 26.2 Å². The van der Waals surface area contributed by atoms with Crippen molar-refractivity contribution in [2.24, 2.45) is 10.9 Å². The molecule has 5 rings (SSSR count). The maximum Gasteiger partial charge on any atom is 0.306 e. The van der Waals surface area contributed by atoms with Crippen LogP contribution in [0.1, 0.15) is 31.7 Å². The fourth-order valence-electron chi connectivity index (χ4n) is 5.10. The number of hydrogen-bond donors (Lipinski definition) is 1. The van der Waals surface area contributed by atoms with E-state index in [0.29, 0.717) is 44.0 Å². The summed E-state index contributed by atoms with van der Waals surface area (Å²) in [5, 5.41) is 10.6. The highest BCUT2D eigenvalue weighted by Gasteiger charge is 2.34. The van der Waals surface area contributed by atoms with Gasteiger partial charge in [0.1, 0.15) is 10.0 Å². The van der Waals surface area contributed by atoms with E-state index < -0.39 is 16.0 Å². The predicted octanol–water partition coefficient (Wildman–Crippen LogP) is 4.82. The van der Waals surface area contributed by atoms with E-state index >= 15 is 0 Å². The van der Waals surface area contributed by atoms with Crippen LogP contribution < -0.4 is 0 Å². The number of piperazine rings is 1. The molecule has 212 valence electrons. The van der Waals surface area contributed by atoms with Crippen LogP contribution in [0.15, 0.2) is 57.7 Å². The molecule has 3 heterocycles. The van der Waals surface area contributed by atoms with Gasteiger partial charge in [0.25, 0.3) is 10.0 Å². The van der Waals surface area contributed by atoms with Crippen molar-refractivity contribution >= 4 is 66.4 Å². The average Bonchev–Trinajstić information content (AvgIpc) is 3.38. The van der Waals surface area contributed by atoms with E-state index in [1.54, 1.807) is 29.2 Å². The molecule has 1 aromatic heterocycles. The van der Waals surface area contributed by atoms with Gasteiger partial charge in [0.15, 0.2) is 0 Å². The number of sulfonamides is 1. The van der Waals surface area contributed by atoms with Crippen molar-refractivity contribution < 1.29 is 23.1 Å². The standard InChI is InChI=1S/C28H31ClN4O5S2/c1-2-25(31-11-9-20(10-12-31)28(35)36)30-23-7-3-19(4-8-23)17-32-13-14-33(18-26(32)34)40(37,38)27-15-21-5-6-22(29)16-24(21)39-27/h3-8,15-16,20H,2,9-14,17-18H2,1H3,(H,35,36). The largest absolute Gasteiger partial charge is 0.481 e. The fraction of sp³-hybridized carbons (Fsp3) is 0.393. The summed E-state index contributed by atoms with van der Waals surface area (Å²) in [5.41, 5.74) is 1.73. The van der Waals surface area contributed by atoms with Crippen molar-refractivity contribution in [1.29, 1.82) is 0 Å². The average molecular weight is 603 g/mol. The van der Waals surface area contributed by atoms with Gasteiger partial charge in [-0.05, 0) is 54.1 Å². The molecule has 40 heavy (non-hydrogen) atoms. The second kappa shape index (κ2) is 11.9. The number of rotatable bonds is 7. The van der Waals surface area contributed by atoms with Crippen molar-refractivity contribution in [3.05, 3.63) is 59.1 Å². The highest BCUT2D eigenvalue weighted by atomic mass is 35.5. The van der Waals surface area contributed by atoms with Gasteiger partial charge in [-0.3, -0.25) is 9.59 Å². The number of hydrogen-bond acceptors (Lipinski definition) is 6. The second-order valence-corrected chi connectivity index (χ2v) is 13.7. The molecular weight excluding hydrogens is 572 g/mol. The van der Waals surface area contributed by atoms with Gasteiger partial charge in [-0.25, -0.2) is 13.4 Å². The molecule has 3 aromatic rings. The van der Waals surface area contributed by atoms with E-state index in [0.717, 1.165) is 44.9 Å². The van der Waals surface area contributed by atoms with E-state index in [1.807, 2.05) is 31.2 Å². The normalized spacial score (nSPS) is 18.1. The Balaban J connectivity index is 1.19. The second-order valence-electron chi connectivity index (χ2n) is 10.0. The number of fused-ring (bicyclic) bond motifs is 1. The lowest BCUT2D eigenvalue weighted by atomic mass is 9.97. The number of thiophene rings is 1. The molecule has 0 atom stereocenters. The summed E-state index contributed by atoms with van der Waals surface area (Å²) in [6.45, 7) is 4.13. The molecular formula is C28H31ClN4O5S2. The first-order valence-corrected chi connectivity index (χ1v) is 15.9. The van der Waals surface area contributed by atoms with Crippen LogP contribution in [0.5, 0.6) is 0 Å². The summed E-state index contributed by atoms with van der Waals surface area (Å²) >= 11 is 7.20. The number of benzene rings is 2. The van der Waals surface area contributed by atoms with Crippen LogP contribution in [0.4, 0.5) is 5.69 Å². The predicted molar refractivity (Wildman–Crippen MR) is 157 cm³/mol. The molecule has 2 aromatic carbocycles. The SMILES string of the molecule is CCC(=Nc1ccc(CN2CCN(S(=O)(=O)c3cc4ccc(Cl)cc4s3)CC2=O)cc1)N1CCC(C(=O)O)CC1. The zero-order valence-electron chi connectivity index (χ0n) is 22.1. The van der Waals surface area contributed by atoms with E-state index in [2.05, 4.69) is 4.90 Å². The van der Waals surface area contributed by atoms with Crippen molar-refractivity contribution in [1.82, 2.24) is 14.1 Å². The number of amides is 1. The summed E-state index contributed by atoms with van der Waals surface area (Å²) in [4.78, 5) is 32.8. The van der Waals surface area contributed by atoms with Gasteiger partial charge in [0.05, 0.1) is 18.2 Å². The number of carboxylic acids is 1. The summed E-state index contributed by atoms with van der Waals surface area (Å²) in [6, 6.07) is 14.6. The number of aliphatic carboxylic acids is 1. The molecule has 1 amide bonds. The topological polar surface area (TPSA) is 111 Å². The number of piperidine rings is 1. The van der Waals surface area contributed by atoms with Crippen LogP contribution >= 0.6 is 22.9 Å². The molecule has 2 saturated heterocycles. The third-order valence-electron chi connectivity index (χ3n) is 7.43. The molecule has 2 aliphatic rings. The van der Waals surface area contributed by atoms with Crippen molar-refractivity contribution in [2.75, 3.05) is 32.7 Å². The Morgan fingerprint density at radius 1 is 1.07 bits per heavy atom. The smallest absolute Gasteiger partial charge is 0.306 e. The van der Waals surface area contributed by atoms with Crippen LogP contribution in [-0.4, -0.2) is 78.1 Å². The molecule has 0 saturated carbocycles. The lowest BCUT2D eigenvalue weighted by Gasteiger charge is -2.33. The minimum Gasteiger partial charge on any atom is -0.481 e. The Hall–Kier alpha value is -2.99. The molecule has 0 radical (unpaired) electrons. The summed E-state index contributed by atoms with van der Waals surface area (Å²) in [7, 11) is -3.79. The van der Waals surface area contributed by atoms with Gasteiger partial charge >= 0.3 is 5.97 Å². The zero-order valence-corrected chi connectivity index (χ0v) is 24.5. The van der Waals surface area contributed by atoms with Crippen LogP contribution in [0.3, 0.4) is 0 Å². The maximum atomic E-state index is 13.3. The number of aliphatic imine (C=N–C) groups is 1. The van der Waals surface area contributed by atoms with E-state index in [4.69, 9.17) is 16.6 Å². The summed E-state index contributed by atoms with van der Waals surface area (Å²) < 4.78 is 28.8. The van der Waals surface area contributed by atoms with Gasteiger partial charge < -0.3 is 14.9 Å². The zero-order chi connectivity index (χ0) is 28.4. The molecule has 0 bridgehead atoms. The van der Waals surface area contributed by atoms with Gasteiger partial charge in [0.2, 0.25) is 5.91 Å². The number of carbonyl (C=O) groups is 2. The third-order valence-corrected chi connectivity index (χ3v) is 11.1. The van der Waals surface area contributed by atoms with Gasteiger partial charge in [-0.1, -0.05) is 36.7 Å². The lowest BCUT2D eigenvalue weighted by Crippen LogP contribution is -2.51. The van der Waals surface area contributed by atoms with Gasteiger partial charge in [0, 0.05) is 48.9 Å². The van der Waals surface area contributed by atoms with E-state index in [-0.39, 0.29) is 29.1 Å². The lowest BCUT2D eigenvalue weighted by molar-refractivity contribution is -0.143. The monoisotopic (exact) mass is 602 g/mol. The minimum absolute atomic E-state index is 0.196. The molecule has 0 unspecified atom stereocenters. The van der Waals surface area contributed by atoms with Gasteiger partial charge in [-0.2, -0.15) is 4.31 Å². The summed E-state index contributed by atoms with van der Waals surface area (Å²) in [5.74, 6) is -0.313. The number of amidine groups is 1. The number of halogens is 1. The first-order valence-electron chi connectivity index (χ1n) is 13.3. The molecule has 0 spiro atoms. The number of carbonyl (C=O) groups excluding carboxylic acids is 1. The van der Waals surface area contributed by atoms with Crippen LogP contribution in [0.25, 0.3) is 10.1 Å². The quantitative estimate of drug-likeness (QED) is 0.306. The Morgan fingerprint density at radius 3 is 2.45 bits per heavy atom. The number of nitrogens with zero attached hydrogens (tertiary/aromatic N) is 4. The minimum atomic E-state index is -3.79. The molecule has 0 aliphatic carbocycles. The Bertz CT molecular complexity index is 1550. The van der Waals surface area contributed by atoms with Crippen LogP contribution in [0.2, 0.25) is 5.02 Å². The first kappa shape index (κ1) is 28.5. The first-order chi connectivity index (χ1) is 19.1. The number of likely N-dealkylation sites (tertiary alicyclic amines) is 1. The highest BCUT2D eigenvalue weighted by molar-refractivity contribution is 7.91. The molecule has 2 aliphatic heterocycles. The third kappa shape index (κ3) is 6.17.